The summed E-state index contributed by atoms with van der Waals surface area (Å²) < 4.78 is 5.54. The summed E-state index contributed by atoms with van der Waals surface area (Å²) in [6.07, 6.45) is 0.720. The number of carbonyl (C=O) groups is 2. The molecule has 6 heteroatoms. The summed E-state index contributed by atoms with van der Waals surface area (Å²) in [5.74, 6) is -0.958. The molecule has 1 rings (SSSR count). The number of aromatic carboxylic acids is 1. The van der Waals surface area contributed by atoms with Crippen molar-refractivity contribution in [3.05, 3.63) is 34.3 Å². The van der Waals surface area contributed by atoms with E-state index in [-0.39, 0.29) is 21.9 Å². The Labute approximate surface area is 142 Å². The fraction of sp³-hybridized carbons (Fsp3) is 0.529. The molecule has 128 valence electrons. The first-order chi connectivity index (χ1) is 10.6. The molecule has 1 amide bonds. The number of carbonyl (C=O) groups excluding carboxylic acids is 1. The van der Waals surface area contributed by atoms with Gasteiger partial charge in [-0.25, -0.2) is 4.79 Å². The van der Waals surface area contributed by atoms with E-state index in [0.717, 1.165) is 12.0 Å². The van der Waals surface area contributed by atoms with Crippen LogP contribution in [-0.4, -0.2) is 42.1 Å². The van der Waals surface area contributed by atoms with Crippen LogP contribution in [0.25, 0.3) is 0 Å². The Hall–Kier alpha value is -1.59. The molecule has 1 aromatic rings. The van der Waals surface area contributed by atoms with Gasteiger partial charge in [-0.1, -0.05) is 38.4 Å². The summed E-state index contributed by atoms with van der Waals surface area (Å²) in [7, 11) is 1.78. The fourth-order valence-electron chi connectivity index (χ4n) is 2.09. The first kappa shape index (κ1) is 19.5. The van der Waals surface area contributed by atoms with E-state index in [1.165, 1.54) is 6.07 Å². The van der Waals surface area contributed by atoms with E-state index in [1.54, 1.807) is 24.1 Å². The van der Waals surface area contributed by atoms with Crippen molar-refractivity contribution in [2.75, 3.05) is 20.2 Å². The third-order valence-corrected chi connectivity index (χ3v) is 3.63. The standard InChI is InChI=1S/C17H24ClNO4/c1-17(2,3)16(22)19(4)8-5-9-23-11-12-6-7-14(18)13(10-12)15(20)21/h6-7,10H,5,8-9,11H2,1-4H3,(H,20,21). The average molecular weight is 342 g/mol. The van der Waals surface area contributed by atoms with Crippen LogP contribution >= 0.6 is 11.6 Å². The Kier molecular flexibility index (Phi) is 7.03. The van der Waals surface area contributed by atoms with E-state index in [0.29, 0.717) is 19.8 Å². The minimum atomic E-state index is -1.06. The third-order valence-electron chi connectivity index (χ3n) is 3.30. The monoisotopic (exact) mass is 341 g/mol. The van der Waals surface area contributed by atoms with Crippen molar-refractivity contribution in [1.82, 2.24) is 4.90 Å². The maximum atomic E-state index is 12.0. The van der Waals surface area contributed by atoms with Gasteiger partial charge in [0.2, 0.25) is 5.91 Å². The molecule has 23 heavy (non-hydrogen) atoms. The van der Waals surface area contributed by atoms with Gasteiger partial charge in [-0.3, -0.25) is 4.79 Å². The summed E-state index contributed by atoms with van der Waals surface area (Å²) in [6.45, 7) is 7.10. The van der Waals surface area contributed by atoms with Crippen molar-refractivity contribution in [1.29, 1.82) is 0 Å². The van der Waals surface area contributed by atoms with Gasteiger partial charge >= 0.3 is 5.97 Å². The summed E-state index contributed by atoms with van der Waals surface area (Å²) in [6, 6.07) is 4.81. The quantitative estimate of drug-likeness (QED) is 0.771. The largest absolute Gasteiger partial charge is 0.478 e. The van der Waals surface area contributed by atoms with Gasteiger partial charge in [0.05, 0.1) is 17.2 Å². The highest BCUT2D eigenvalue weighted by molar-refractivity contribution is 6.33. The first-order valence-electron chi connectivity index (χ1n) is 7.48. The lowest BCUT2D eigenvalue weighted by atomic mass is 9.95. The number of benzene rings is 1. The van der Waals surface area contributed by atoms with Gasteiger partial charge in [-0.15, -0.1) is 0 Å². The third kappa shape index (κ3) is 6.20. The molecule has 0 saturated carbocycles. The zero-order valence-corrected chi connectivity index (χ0v) is 14.8. The van der Waals surface area contributed by atoms with Crippen LogP contribution in [0.15, 0.2) is 18.2 Å². The molecule has 0 saturated heterocycles. The predicted octanol–water partition coefficient (Wildman–Crippen LogP) is 3.45. The minimum absolute atomic E-state index is 0.0725. The van der Waals surface area contributed by atoms with Crippen LogP contribution in [0.3, 0.4) is 0 Å². The number of amides is 1. The van der Waals surface area contributed by atoms with E-state index in [1.807, 2.05) is 20.8 Å². The number of rotatable bonds is 7. The molecule has 0 fully saturated rings. The summed E-state index contributed by atoms with van der Waals surface area (Å²) in [5, 5.41) is 9.23. The van der Waals surface area contributed by atoms with E-state index >= 15 is 0 Å². The Balaban J connectivity index is 2.37. The molecule has 0 aliphatic rings. The van der Waals surface area contributed by atoms with Gasteiger partial charge in [0, 0.05) is 25.6 Å². The Morgan fingerprint density at radius 3 is 2.52 bits per heavy atom. The van der Waals surface area contributed by atoms with Gasteiger partial charge in [-0.2, -0.15) is 0 Å². The molecular formula is C17H24ClNO4. The highest BCUT2D eigenvalue weighted by Crippen LogP contribution is 2.18. The normalized spacial score (nSPS) is 11.3. The van der Waals surface area contributed by atoms with Crippen molar-refractivity contribution >= 4 is 23.5 Å². The zero-order chi connectivity index (χ0) is 17.6. The molecule has 0 unspecified atom stereocenters. The van der Waals surface area contributed by atoms with Crippen LogP contribution in [-0.2, 0) is 16.1 Å². The summed E-state index contributed by atoms with van der Waals surface area (Å²) >= 11 is 5.82. The second kappa shape index (κ2) is 8.31. The maximum Gasteiger partial charge on any atom is 0.337 e. The van der Waals surface area contributed by atoms with E-state index in [4.69, 9.17) is 21.4 Å². The number of hydrogen-bond donors (Lipinski definition) is 1. The van der Waals surface area contributed by atoms with Crippen LogP contribution in [0.1, 0.15) is 43.1 Å². The number of ether oxygens (including phenoxy) is 1. The second-order valence-electron chi connectivity index (χ2n) is 6.50. The Bertz CT molecular complexity index is 566. The molecule has 0 aromatic heterocycles. The molecule has 1 N–H and O–H groups in total. The SMILES string of the molecule is CN(CCCOCc1ccc(Cl)c(C(=O)O)c1)C(=O)C(C)(C)C. The number of nitrogens with zero attached hydrogens (tertiary/aromatic N) is 1. The molecular weight excluding hydrogens is 318 g/mol. The van der Waals surface area contributed by atoms with Crippen LogP contribution in [0.4, 0.5) is 0 Å². The molecule has 0 aliphatic carbocycles. The Morgan fingerprint density at radius 1 is 1.30 bits per heavy atom. The highest BCUT2D eigenvalue weighted by Gasteiger charge is 2.24. The van der Waals surface area contributed by atoms with Crippen molar-refractivity contribution < 1.29 is 19.4 Å². The molecule has 1 aromatic carbocycles. The van der Waals surface area contributed by atoms with E-state index in [9.17, 15) is 9.59 Å². The van der Waals surface area contributed by atoms with Gasteiger partial charge in [0.1, 0.15) is 0 Å². The van der Waals surface area contributed by atoms with Crippen LogP contribution in [0, 0.1) is 5.41 Å². The van der Waals surface area contributed by atoms with Gasteiger partial charge in [-0.05, 0) is 24.1 Å². The lowest BCUT2D eigenvalue weighted by Crippen LogP contribution is -2.37. The average Bonchev–Trinajstić information content (AvgIpc) is 2.46. The van der Waals surface area contributed by atoms with E-state index < -0.39 is 5.97 Å². The lowest BCUT2D eigenvalue weighted by molar-refractivity contribution is -0.138. The van der Waals surface area contributed by atoms with Crippen LogP contribution in [0.5, 0.6) is 0 Å². The molecule has 0 spiro atoms. The van der Waals surface area contributed by atoms with Gasteiger partial charge < -0.3 is 14.7 Å². The summed E-state index contributed by atoms with van der Waals surface area (Å²) in [4.78, 5) is 24.7. The predicted molar refractivity (Wildman–Crippen MR) is 89.8 cm³/mol. The van der Waals surface area contributed by atoms with Crippen molar-refractivity contribution in [2.45, 2.75) is 33.8 Å². The second-order valence-corrected chi connectivity index (χ2v) is 6.91. The van der Waals surface area contributed by atoms with E-state index in [2.05, 4.69) is 0 Å². The molecule has 0 aliphatic heterocycles. The zero-order valence-electron chi connectivity index (χ0n) is 14.1. The molecule has 0 radical (unpaired) electrons. The minimum Gasteiger partial charge on any atom is -0.478 e. The first-order valence-corrected chi connectivity index (χ1v) is 7.85. The maximum absolute atomic E-state index is 12.0. The van der Waals surface area contributed by atoms with Crippen LogP contribution < -0.4 is 0 Å². The number of carboxylic acid groups (broad SMARTS) is 1. The van der Waals surface area contributed by atoms with Crippen LogP contribution in [0.2, 0.25) is 5.02 Å². The molecule has 0 heterocycles. The van der Waals surface area contributed by atoms with Crippen molar-refractivity contribution in [3.8, 4) is 0 Å². The number of carboxylic acids is 1. The van der Waals surface area contributed by atoms with Crippen molar-refractivity contribution in [2.24, 2.45) is 5.41 Å². The summed E-state index contributed by atoms with van der Waals surface area (Å²) in [5.41, 5.74) is 0.445. The fourth-order valence-corrected chi connectivity index (χ4v) is 2.29. The topological polar surface area (TPSA) is 66.8 Å². The number of hydrogen-bond acceptors (Lipinski definition) is 3. The lowest BCUT2D eigenvalue weighted by Gasteiger charge is -2.25. The van der Waals surface area contributed by atoms with Gasteiger partial charge in [0.15, 0.2) is 0 Å². The molecule has 0 bridgehead atoms. The highest BCUT2D eigenvalue weighted by atomic mass is 35.5. The van der Waals surface area contributed by atoms with Gasteiger partial charge in [0.25, 0.3) is 0 Å². The Morgan fingerprint density at radius 2 is 1.96 bits per heavy atom. The number of halogens is 1. The smallest absolute Gasteiger partial charge is 0.337 e. The van der Waals surface area contributed by atoms with Crippen molar-refractivity contribution in [3.63, 3.8) is 0 Å². The molecule has 0 atom stereocenters. The molecule has 5 nitrogen and oxygen atoms in total.